The molecule has 0 fully saturated rings. The fourth-order valence-corrected chi connectivity index (χ4v) is 8.65. The van der Waals surface area contributed by atoms with Crippen LogP contribution in [-0.2, 0) is 0 Å². The van der Waals surface area contributed by atoms with Gasteiger partial charge in [-0.2, -0.15) is 0 Å². The molecule has 2 aliphatic heterocycles. The van der Waals surface area contributed by atoms with Crippen LogP contribution in [0.3, 0.4) is 0 Å². The summed E-state index contributed by atoms with van der Waals surface area (Å²) in [6.07, 6.45) is 0. The van der Waals surface area contributed by atoms with Crippen LogP contribution in [0.15, 0.2) is 176 Å². The summed E-state index contributed by atoms with van der Waals surface area (Å²) < 4.78 is 18.1. The number of para-hydroxylation sites is 8. The monoisotopic (exact) mass is 679 g/mol. The molecule has 0 spiro atoms. The van der Waals surface area contributed by atoms with Gasteiger partial charge in [0.1, 0.15) is 5.69 Å². The molecule has 4 heterocycles. The van der Waals surface area contributed by atoms with Gasteiger partial charge in [-0.05, 0) is 66.2 Å². The van der Waals surface area contributed by atoms with E-state index in [1.807, 2.05) is 36.4 Å². The average molecular weight is 680 g/mol. The van der Waals surface area contributed by atoms with Crippen molar-refractivity contribution < 1.29 is 9.47 Å². The lowest BCUT2D eigenvalue weighted by Gasteiger charge is -2.38. The van der Waals surface area contributed by atoms with Crippen LogP contribution in [0.2, 0.25) is 0 Å². The van der Waals surface area contributed by atoms with E-state index in [2.05, 4.69) is 154 Å². The van der Waals surface area contributed by atoms with Crippen LogP contribution in [0.25, 0.3) is 66.1 Å². The Morgan fingerprint density at radius 2 is 0.925 bits per heavy atom. The molecule has 10 aromatic rings. The predicted octanol–water partition coefficient (Wildman–Crippen LogP) is 13.2. The number of hydrogen-bond donors (Lipinski definition) is 0. The highest BCUT2D eigenvalue weighted by molar-refractivity contribution is 6.15. The molecular formula is C48H29N3O2. The van der Waals surface area contributed by atoms with Crippen LogP contribution in [0.1, 0.15) is 0 Å². The molecule has 0 unspecified atom stereocenters. The van der Waals surface area contributed by atoms with E-state index >= 15 is 0 Å². The van der Waals surface area contributed by atoms with Crippen molar-refractivity contribution in [3.8, 4) is 45.5 Å². The van der Waals surface area contributed by atoms with Gasteiger partial charge in [0.2, 0.25) is 0 Å². The average Bonchev–Trinajstić information content (AvgIpc) is 3.74. The quantitative estimate of drug-likeness (QED) is 0.186. The van der Waals surface area contributed by atoms with Crippen molar-refractivity contribution in [1.82, 2.24) is 9.13 Å². The van der Waals surface area contributed by atoms with E-state index in [1.165, 1.54) is 43.7 Å². The first-order valence-corrected chi connectivity index (χ1v) is 17.9. The van der Waals surface area contributed by atoms with Gasteiger partial charge in [-0.1, -0.05) is 103 Å². The lowest BCUT2D eigenvalue weighted by molar-refractivity contribution is 0.445. The number of nitrogens with zero attached hydrogens (tertiary/aromatic N) is 3. The third-order valence-electron chi connectivity index (χ3n) is 10.9. The van der Waals surface area contributed by atoms with Crippen LogP contribution in [0.5, 0.6) is 23.0 Å². The van der Waals surface area contributed by atoms with Crippen LogP contribution in [0.4, 0.5) is 17.1 Å². The zero-order valence-electron chi connectivity index (χ0n) is 28.4. The normalized spacial score (nSPS) is 12.8. The van der Waals surface area contributed by atoms with Gasteiger partial charge >= 0.3 is 0 Å². The highest BCUT2D eigenvalue weighted by atomic mass is 16.5. The molecule has 0 atom stereocenters. The van der Waals surface area contributed by atoms with Gasteiger partial charge in [0, 0.05) is 44.9 Å². The highest BCUT2D eigenvalue weighted by Crippen LogP contribution is 2.60. The second-order valence-electron chi connectivity index (χ2n) is 13.7. The van der Waals surface area contributed by atoms with Gasteiger partial charge in [-0.25, -0.2) is 0 Å². The molecule has 5 nitrogen and oxygen atoms in total. The van der Waals surface area contributed by atoms with Gasteiger partial charge in [-0.15, -0.1) is 0 Å². The molecule has 0 radical (unpaired) electrons. The molecule has 0 saturated heterocycles. The first kappa shape index (κ1) is 28.5. The number of rotatable bonds is 3. The number of hydrogen-bond acceptors (Lipinski definition) is 3. The Morgan fingerprint density at radius 3 is 1.64 bits per heavy atom. The summed E-state index contributed by atoms with van der Waals surface area (Å²) in [5, 5.41) is 4.86. The Hall–Kier alpha value is -7.24. The molecule has 0 saturated carbocycles. The minimum Gasteiger partial charge on any atom is -0.453 e. The summed E-state index contributed by atoms with van der Waals surface area (Å²) in [6, 6.07) is 62.3. The van der Waals surface area contributed by atoms with Crippen LogP contribution < -0.4 is 14.4 Å². The van der Waals surface area contributed by atoms with E-state index < -0.39 is 0 Å². The Balaban J connectivity index is 1.09. The van der Waals surface area contributed by atoms with Crippen molar-refractivity contribution in [1.29, 1.82) is 0 Å². The summed E-state index contributed by atoms with van der Waals surface area (Å²) in [6.45, 7) is 0. The molecule has 12 rings (SSSR count). The maximum Gasteiger partial charge on any atom is 0.157 e. The number of anilines is 3. The van der Waals surface area contributed by atoms with Crippen molar-refractivity contribution in [2.75, 3.05) is 4.90 Å². The van der Waals surface area contributed by atoms with Gasteiger partial charge < -0.3 is 18.6 Å². The lowest BCUT2D eigenvalue weighted by atomic mass is 10.00. The zero-order valence-corrected chi connectivity index (χ0v) is 28.4. The fourth-order valence-electron chi connectivity index (χ4n) is 8.65. The number of ether oxygens (including phenoxy) is 2. The molecule has 2 aliphatic rings. The SMILES string of the molecule is c1ccc(-n2c3ccccc3c3cccc(-c4ccc5c(c4)c4ccccc4n5-c4cc5c6c(c4)Oc4ccccc4N6c4ccccc4O5)c32)cc1. The summed E-state index contributed by atoms with van der Waals surface area (Å²) in [5.74, 6) is 3.14. The minimum absolute atomic E-state index is 0.758. The smallest absolute Gasteiger partial charge is 0.157 e. The molecule has 0 bridgehead atoms. The Kier molecular flexibility index (Phi) is 5.71. The van der Waals surface area contributed by atoms with Gasteiger partial charge in [0.25, 0.3) is 0 Å². The summed E-state index contributed by atoms with van der Waals surface area (Å²) in [5.41, 5.74) is 12.0. The molecule has 0 aliphatic carbocycles. The predicted molar refractivity (Wildman–Crippen MR) is 215 cm³/mol. The second-order valence-corrected chi connectivity index (χ2v) is 13.7. The summed E-state index contributed by atoms with van der Waals surface area (Å²) in [4.78, 5) is 2.26. The van der Waals surface area contributed by atoms with Crippen molar-refractivity contribution in [2.24, 2.45) is 0 Å². The van der Waals surface area contributed by atoms with E-state index in [1.54, 1.807) is 0 Å². The summed E-state index contributed by atoms with van der Waals surface area (Å²) in [7, 11) is 0. The van der Waals surface area contributed by atoms with Crippen molar-refractivity contribution in [2.45, 2.75) is 0 Å². The Bertz CT molecular complexity index is 3070. The molecular weight excluding hydrogens is 651 g/mol. The van der Waals surface area contributed by atoms with Gasteiger partial charge in [0.05, 0.1) is 39.1 Å². The van der Waals surface area contributed by atoms with E-state index in [0.29, 0.717) is 0 Å². The Morgan fingerprint density at radius 1 is 0.358 bits per heavy atom. The van der Waals surface area contributed by atoms with Crippen LogP contribution >= 0.6 is 0 Å². The van der Waals surface area contributed by atoms with Crippen LogP contribution in [-0.4, -0.2) is 9.13 Å². The van der Waals surface area contributed by atoms with Crippen molar-refractivity contribution >= 4 is 60.7 Å². The second kappa shape index (κ2) is 10.6. The number of fused-ring (bicyclic) bond motifs is 10. The lowest BCUT2D eigenvalue weighted by Crippen LogP contribution is -2.20. The maximum atomic E-state index is 6.66. The first-order chi connectivity index (χ1) is 26.3. The molecule has 2 aromatic heterocycles. The standard InChI is InChI=1S/C48H29N3O2/c1-2-13-31(14-3-1)50-39-20-7-4-15-34(39)36-18-12-17-33(47(36)50)30-25-26-40-37(27-30)35-16-5-6-19-38(35)49(40)32-28-45-48-46(29-32)53-44-24-11-9-22-42(44)51(48)41-21-8-10-23-43(41)52-45/h1-29H. The molecule has 5 heteroatoms. The third-order valence-corrected chi connectivity index (χ3v) is 10.9. The third kappa shape index (κ3) is 3.96. The van der Waals surface area contributed by atoms with Gasteiger partial charge in [-0.3, -0.25) is 4.90 Å². The van der Waals surface area contributed by atoms with E-state index in [0.717, 1.165) is 62.5 Å². The molecule has 0 amide bonds. The van der Waals surface area contributed by atoms with Crippen molar-refractivity contribution in [3.05, 3.63) is 176 Å². The molecule has 8 aromatic carbocycles. The largest absolute Gasteiger partial charge is 0.453 e. The zero-order chi connectivity index (χ0) is 34.6. The molecule has 248 valence electrons. The fraction of sp³-hybridized carbons (Fsp3) is 0. The minimum atomic E-state index is 0.758. The molecule has 53 heavy (non-hydrogen) atoms. The first-order valence-electron chi connectivity index (χ1n) is 17.9. The van der Waals surface area contributed by atoms with Crippen LogP contribution in [0, 0.1) is 0 Å². The number of benzene rings is 8. The van der Waals surface area contributed by atoms with Gasteiger partial charge in [0.15, 0.2) is 23.0 Å². The number of aromatic nitrogens is 2. The van der Waals surface area contributed by atoms with E-state index in [-0.39, 0.29) is 0 Å². The summed E-state index contributed by atoms with van der Waals surface area (Å²) >= 11 is 0. The van der Waals surface area contributed by atoms with Crippen molar-refractivity contribution in [3.63, 3.8) is 0 Å². The van der Waals surface area contributed by atoms with E-state index in [4.69, 9.17) is 9.47 Å². The molecule has 0 N–H and O–H groups in total. The topological polar surface area (TPSA) is 31.6 Å². The van der Waals surface area contributed by atoms with E-state index in [9.17, 15) is 0 Å². The Labute approximate surface area is 304 Å². The highest BCUT2D eigenvalue weighted by Gasteiger charge is 2.35. The maximum absolute atomic E-state index is 6.66.